The molecule has 3 rings (SSSR count). The predicted molar refractivity (Wildman–Crippen MR) is 99.7 cm³/mol. The van der Waals surface area contributed by atoms with Crippen LogP contribution in [0.5, 0.6) is 5.75 Å². The summed E-state index contributed by atoms with van der Waals surface area (Å²) in [7, 11) is 1.70. The topological polar surface area (TPSA) is 50.7 Å². The third kappa shape index (κ3) is 4.40. The number of para-hydroxylation sites is 1. The first-order valence-electron chi connectivity index (χ1n) is 8.88. The fourth-order valence-corrected chi connectivity index (χ4v) is 3.35. The van der Waals surface area contributed by atoms with E-state index < -0.39 is 0 Å². The van der Waals surface area contributed by atoms with Gasteiger partial charge >= 0.3 is 0 Å². The summed E-state index contributed by atoms with van der Waals surface area (Å²) in [5.41, 5.74) is 3.46. The van der Waals surface area contributed by atoms with Crippen LogP contribution in [0.1, 0.15) is 18.4 Å². The summed E-state index contributed by atoms with van der Waals surface area (Å²) in [4.78, 5) is 0. The molecule has 0 atom stereocenters. The van der Waals surface area contributed by atoms with Crippen LogP contribution >= 0.6 is 0 Å². The zero-order valence-electron chi connectivity index (χ0n) is 14.8. The molecule has 0 aliphatic carbocycles. The molecule has 0 bridgehead atoms. The van der Waals surface area contributed by atoms with Crippen molar-refractivity contribution in [1.82, 2.24) is 5.32 Å². The number of nitrogens with one attached hydrogen (secondary N) is 1. The highest BCUT2D eigenvalue weighted by atomic mass is 16.5. The predicted octanol–water partition coefficient (Wildman–Crippen LogP) is 3.24. The normalized spacial score (nSPS) is 16.6. The fourth-order valence-electron chi connectivity index (χ4n) is 3.35. The zero-order chi connectivity index (χ0) is 17.5. The molecule has 0 aromatic heterocycles. The lowest BCUT2D eigenvalue weighted by Gasteiger charge is -2.35. The maximum Gasteiger partial charge on any atom is 0.126 e. The Morgan fingerprint density at radius 2 is 1.80 bits per heavy atom. The maximum atomic E-state index is 9.74. The molecule has 4 heteroatoms. The quantitative estimate of drug-likeness (QED) is 0.812. The molecule has 1 fully saturated rings. The van der Waals surface area contributed by atoms with E-state index in [4.69, 9.17) is 9.47 Å². The van der Waals surface area contributed by atoms with Crippen molar-refractivity contribution in [2.24, 2.45) is 5.41 Å². The molecule has 0 radical (unpaired) electrons. The Morgan fingerprint density at radius 1 is 1.08 bits per heavy atom. The van der Waals surface area contributed by atoms with Crippen LogP contribution in [-0.2, 0) is 11.3 Å². The molecule has 1 heterocycles. The Balaban J connectivity index is 1.59. The van der Waals surface area contributed by atoms with Crippen LogP contribution in [-0.4, -0.2) is 38.6 Å². The minimum absolute atomic E-state index is 0.0321. The average Bonchev–Trinajstić information content (AvgIpc) is 2.69. The first kappa shape index (κ1) is 17.9. The number of ether oxygens (including phenoxy) is 2. The standard InChI is InChI=1S/C21H27NO3/c1-24-20-5-3-2-4-19(20)18-8-6-17(7-9-18)14-22-15-21(16-23)10-12-25-13-11-21/h2-9,22-23H,10-16H2,1H3. The van der Waals surface area contributed by atoms with Crippen LogP contribution in [0.15, 0.2) is 48.5 Å². The van der Waals surface area contributed by atoms with Crippen molar-refractivity contribution < 1.29 is 14.6 Å². The van der Waals surface area contributed by atoms with Gasteiger partial charge in [-0.2, -0.15) is 0 Å². The van der Waals surface area contributed by atoms with Gasteiger partial charge in [0.1, 0.15) is 5.75 Å². The number of hydrogen-bond acceptors (Lipinski definition) is 4. The van der Waals surface area contributed by atoms with E-state index >= 15 is 0 Å². The molecule has 25 heavy (non-hydrogen) atoms. The number of methoxy groups -OCH3 is 1. The second-order valence-corrected chi connectivity index (χ2v) is 6.77. The van der Waals surface area contributed by atoms with Gasteiger partial charge in [0.25, 0.3) is 0 Å². The third-order valence-electron chi connectivity index (χ3n) is 5.09. The first-order valence-corrected chi connectivity index (χ1v) is 8.88. The Morgan fingerprint density at radius 3 is 2.48 bits per heavy atom. The van der Waals surface area contributed by atoms with Gasteiger partial charge in [-0.15, -0.1) is 0 Å². The highest BCUT2D eigenvalue weighted by Crippen LogP contribution is 2.30. The van der Waals surface area contributed by atoms with E-state index in [1.54, 1.807) is 7.11 Å². The maximum absolute atomic E-state index is 9.74. The lowest BCUT2D eigenvalue weighted by molar-refractivity contribution is -0.0154. The molecule has 0 spiro atoms. The van der Waals surface area contributed by atoms with Crippen LogP contribution in [0.4, 0.5) is 0 Å². The van der Waals surface area contributed by atoms with Gasteiger partial charge in [-0.25, -0.2) is 0 Å². The second kappa shape index (κ2) is 8.48. The van der Waals surface area contributed by atoms with Crippen LogP contribution in [0.25, 0.3) is 11.1 Å². The first-order chi connectivity index (χ1) is 12.3. The van der Waals surface area contributed by atoms with E-state index in [9.17, 15) is 5.11 Å². The molecule has 2 aromatic rings. The van der Waals surface area contributed by atoms with Crippen molar-refractivity contribution in [3.05, 3.63) is 54.1 Å². The third-order valence-corrected chi connectivity index (χ3v) is 5.09. The average molecular weight is 341 g/mol. The van der Waals surface area contributed by atoms with Crippen molar-refractivity contribution in [3.63, 3.8) is 0 Å². The molecule has 1 saturated heterocycles. The lowest BCUT2D eigenvalue weighted by atomic mass is 9.81. The monoisotopic (exact) mass is 341 g/mol. The van der Waals surface area contributed by atoms with Gasteiger partial charge in [0.2, 0.25) is 0 Å². The van der Waals surface area contributed by atoms with Crippen molar-refractivity contribution in [2.75, 3.05) is 33.5 Å². The minimum Gasteiger partial charge on any atom is -0.496 e. The van der Waals surface area contributed by atoms with Gasteiger partial charge in [0, 0.05) is 37.3 Å². The van der Waals surface area contributed by atoms with E-state index in [1.165, 1.54) is 5.56 Å². The molecule has 4 nitrogen and oxygen atoms in total. The summed E-state index contributed by atoms with van der Waals surface area (Å²) >= 11 is 0. The van der Waals surface area contributed by atoms with E-state index in [0.717, 1.165) is 56.0 Å². The highest BCUT2D eigenvalue weighted by Gasteiger charge is 2.31. The Kier molecular flexibility index (Phi) is 6.08. The number of aliphatic hydroxyl groups is 1. The zero-order valence-corrected chi connectivity index (χ0v) is 14.8. The molecule has 2 aromatic carbocycles. The van der Waals surface area contributed by atoms with Crippen molar-refractivity contribution in [2.45, 2.75) is 19.4 Å². The smallest absolute Gasteiger partial charge is 0.126 e. The highest BCUT2D eigenvalue weighted by molar-refractivity contribution is 5.70. The molecule has 0 amide bonds. The summed E-state index contributed by atoms with van der Waals surface area (Å²) < 4.78 is 10.9. The Labute approximate surface area is 149 Å². The largest absolute Gasteiger partial charge is 0.496 e. The molecular formula is C21H27NO3. The van der Waals surface area contributed by atoms with Gasteiger partial charge in [0.05, 0.1) is 13.7 Å². The molecule has 1 aliphatic heterocycles. The number of benzene rings is 2. The molecule has 0 saturated carbocycles. The Hall–Kier alpha value is -1.88. The fraction of sp³-hybridized carbons (Fsp3) is 0.429. The molecule has 1 aliphatic rings. The van der Waals surface area contributed by atoms with Gasteiger partial charge in [-0.05, 0) is 30.0 Å². The van der Waals surface area contributed by atoms with E-state index in [1.807, 2.05) is 18.2 Å². The molecule has 134 valence electrons. The summed E-state index contributed by atoms with van der Waals surface area (Å²) in [5.74, 6) is 0.887. The summed E-state index contributed by atoms with van der Waals surface area (Å²) in [6, 6.07) is 16.6. The van der Waals surface area contributed by atoms with Gasteiger partial charge in [0.15, 0.2) is 0 Å². The molecule has 2 N–H and O–H groups in total. The number of hydrogen-bond donors (Lipinski definition) is 2. The second-order valence-electron chi connectivity index (χ2n) is 6.77. The lowest BCUT2D eigenvalue weighted by Crippen LogP contribution is -2.41. The van der Waals surface area contributed by atoms with Crippen molar-refractivity contribution >= 4 is 0 Å². The van der Waals surface area contributed by atoms with Crippen molar-refractivity contribution in [1.29, 1.82) is 0 Å². The summed E-state index contributed by atoms with van der Waals surface area (Å²) in [6.07, 6.45) is 1.84. The summed E-state index contributed by atoms with van der Waals surface area (Å²) in [5, 5.41) is 13.2. The van der Waals surface area contributed by atoms with E-state index in [-0.39, 0.29) is 12.0 Å². The van der Waals surface area contributed by atoms with Gasteiger partial charge in [-0.3, -0.25) is 0 Å². The van der Waals surface area contributed by atoms with Crippen LogP contribution < -0.4 is 10.1 Å². The SMILES string of the molecule is COc1ccccc1-c1ccc(CNCC2(CO)CCOCC2)cc1. The van der Waals surface area contributed by atoms with Crippen LogP contribution in [0.2, 0.25) is 0 Å². The van der Waals surface area contributed by atoms with Gasteiger partial charge in [-0.1, -0.05) is 42.5 Å². The van der Waals surface area contributed by atoms with Crippen LogP contribution in [0.3, 0.4) is 0 Å². The van der Waals surface area contributed by atoms with E-state index in [2.05, 4.69) is 35.6 Å². The molecule has 0 unspecified atom stereocenters. The molecular weight excluding hydrogens is 314 g/mol. The van der Waals surface area contributed by atoms with Crippen LogP contribution in [0, 0.1) is 5.41 Å². The van der Waals surface area contributed by atoms with Gasteiger partial charge < -0.3 is 19.9 Å². The van der Waals surface area contributed by atoms with Crippen molar-refractivity contribution in [3.8, 4) is 16.9 Å². The Bertz CT molecular complexity index is 663. The van der Waals surface area contributed by atoms with E-state index in [0.29, 0.717) is 0 Å². The number of rotatable bonds is 7. The number of aliphatic hydroxyl groups excluding tert-OH is 1. The summed E-state index contributed by atoms with van der Waals surface area (Å²) in [6.45, 7) is 3.33. The minimum atomic E-state index is -0.0321.